The molecule has 4 aromatic heterocycles. The van der Waals surface area contributed by atoms with Gasteiger partial charge in [-0.1, -0.05) is 6.07 Å². The molecule has 1 fully saturated rings. The van der Waals surface area contributed by atoms with Crippen molar-refractivity contribution in [2.75, 3.05) is 13.1 Å². The van der Waals surface area contributed by atoms with Crippen molar-refractivity contribution < 1.29 is 4.79 Å². The Kier molecular flexibility index (Phi) is 3.99. The molecule has 31 heavy (non-hydrogen) atoms. The molecule has 8 heteroatoms. The second-order valence-corrected chi connectivity index (χ2v) is 8.35. The van der Waals surface area contributed by atoms with Crippen LogP contribution < -0.4 is 5.56 Å². The van der Waals surface area contributed by atoms with Crippen LogP contribution in [0.2, 0.25) is 0 Å². The van der Waals surface area contributed by atoms with E-state index < -0.39 is 0 Å². The first kappa shape index (κ1) is 18.0. The van der Waals surface area contributed by atoms with Crippen molar-refractivity contribution in [1.29, 1.82) is 0 Å². The van der Waals surface area contributed by atoms with Crippen LogP contribution in [-0.2, 0) is 6.54 Å². The minimum atomic E-state index is -0.00805. The molecule has 1 amide bonds. The first-order valence-corrected chi connectivity index (χ1v) is 10.4. The van der Waals surface area contributed by atoms with Crippen LogP contribution in [0.3, 0.4) is 0 Å². The number of piperidine rings is 1. The number of carbonyl (C=O) groups excluding carboxylic acids is 1. The summed E-state index contributed by atoms with van der Waals surface area (Å²) in [5.41, 5.74) is 4.13. The Balaban J connectivity index is 1.34. The number of aromatic nitrogens is 5. The molecule has 0 unspecified atom stereocenters. The van der Waals surface area contributed by atoms with Crippen LogP contribution in [0.25, 0.3) is 16.8 Å². The van der Waals surface area contributed by atoms with Gasteiger partial charge >= 0.3 is 0 Å². The quantitative estimate of drug-likeness (QED) is 0.504. The van der Waals surface area contributed by atoms with E-state index in [9.17, 15) is 9.59 Å². The first-order valence-electron chi connectivity index (χ1n) is 10.4. The monoisotopic (exact) mass is 412 g/mol. The number of nitrogens with zero attached hydrogens (tertiary/aromatic N) is 6. The number of hydrogen-bond donors (Lipinski definition) is 0. The molecule has 0 spiro atoms. The van der Waals surface area contributed by atoms with E-state index in [2.05, 4.69) is 21.1 Å². The van der Waals surface area contributed by atoms with Gasteiger partial charge in [0.2, 0.25) is 0 Å². The van der Waals surface area contributed by atoms with E-state index in [1.54, 1.807) is 41.3 Å². The lowest BCUT2D eigenvalue weighted by Crippen LogP contribution is -2.49. The predicted molar refractivity (Wildman–Crippen MR) is 114 cm³/mol. The molecule has 2 aliphatic rings. The van der Waals surface area contributed by atoms with Gasteiger partial charge in [0.25, 0.3) is 11.5 Å². The topological polar surface area (TPSA) is 85.4 Å². The molecule has 8 nitrogen and oxygen atoms in total. The van der Waals surface area contributed by atoms with E-state index in [1.807, 2.05) is 21.6 Å². The third-order valence-corrected chi connectivity index (χ3v) is 6.36. The van der Waals surface area contributed by atoms with Crippen molar-refractivity contribution >= 4 is 11.6 Å². The molecule has 0 aromatic carbocycles. The molecule has 6 heterocycles. The van der Waals surface area contributed by atoms with E-state index >= 15 is 0 Å². The van der Waals surface area contributed by atoms with Gasteiger partial charge in [0.1, 0.15) is 6.33 Å². The molecular formula is C23H20N6O2. The Morgan fingerprint density at radius 1 is 1.06 bits per heavy atom. The van der Waals surface area contributed by atoms with Crippen molar-refractivity contribution in [2.45, 2.75) is 18.9 Å². The normalized spacial score (nSPS) is 19.9. The summed E-state index contributed by atoms with van der Waals surface area (Å²) in [5.74, 6) is 0.398. The van der Waals surface area contributed by atoms with Crippen LogP contribution in [0.4, 0.5) is 0 Å². The zero-order valence-corrected chi connectivity index (χ0v) is 16.8. The van der Waals surface area contributed by atoms with Crippen molar-refractivity contribution in [3.8, 4) is 11.1 Å². The zero-order valence-electron chi connectivity index (χ0n) is 16.8. The van der Waals surface area contributed by atoms with E-state index in [4.69, 9.17) is 0 Å². The van der Waals surface area contributed by atoms with Crippen LogP contribution in [0.1, 0.15) is 28.4 Å². The van der Waals surface area contributed by atoms with Gasteiger partial charge < -0.3 is 9.47 Å². The van der Waals surface area contributed by atoms with Gasteiger partial charge in [0.05, 0.1) is 5.56 Å². The average Bonchev–Trinajstić information content (AvgIpc) is 3.27. The highest BCUT2D eigenvalue weighted by Gasteiger charge is 2.37. The Hall–Kier alpha value is -3.81. The molecule has 154 valence electrons. The SMILES string of the molecule is O=C(c1ccc2ncnn2c1)N1C[C@@H]2C[C@H](C1)c1cc(-c3cccnc3)cc(=O)n1C2. The number of amides is 1. The summed E-state index contributed by atoms with van der Waals surface area (Å²) in [7, 11) is 0. The van der Waals surface area contributed by atoms with Crippen molar-refractivity contribution in [3.63, 3.8) is 0 Å². The number of pyridine rings is 3. The highest BCUT2D eigenvalue weighted by molar-refractivity contribution is 5.94. The minimum absolute atomic E-state index is 0.00805. The molecule has 0 N–H and O–H groups in total. The highest BCUT2D eigenvalue weighted by atomic mass is 16.2. The summed E-state index contributed by atoms with van der Waals surface area (Å²) in [4.78, 5) is 36.4. The van der Waals surface area contributed by atoms with E-state index in [-0.39, 0.29) is 23.3 Å². The van der Waals surface area contributed by atoms with Gasteiger partial charge in [0, 0.05) is 61.5 Å². The Bertz CT molecular complexity index is 1360. The maximum atomic E-state index is 13.3. The molecule has 1 saturated heterocycles. The lowest BCUT2D eigenvalue weighted by molar-refractivity contribution is 0.0594. The molecule has 0 radical (unpaired) electrons. The van der Waals surface area contributed by atoms with Gasteiger partial charge in [0.15, 0.2) is 5.65 Å². The summed E-state index contributed by atoms with van der Waals surface area (Å²) in [5, 5.41) is 4.13. The lowest BCUT2D eigenvalue weighted by atomic mass is 9.82. The molecule has 0 saturated carbocycles. The number of fused-ring (bicyclic) bond motifs is 5. The summed E-state index contributed by atoms with van der Waals surface area (Å²) < 4.78 is 3.51. The fourth-order valence-corrected chi connectivity index (χ4v) is 4.95. The van der Waals surface area contributed by atoms with E-state index in [0.717, 1.165) is 23.2 Å². The smallest absolute Gasteiger partial charge is 0.255 e. The maximum absolute atomic E-state index is 13.3. The standard InChI is InChI=1S/C23H20N6O2/c30-22-8-18(16-2-1-5-24-9-16)7-20-19-6-15(11-28(20)22)10-27(12-19)23(31)17-3-4-21-25-14-26-29(21)13-17/h1-5,7-9,13-15,19H,6,10-12H2/t15-,19+/m0/s1. The molecule has 0 aliphatic carbocycles. The van der Waals surface area contributed by atoms with Crippen molar-refractivity contribution in [3.05, 3.63) is 82.9 Å². The second kappa shape index (κ2) is 6.87. The molecule has 4 aromatic rings. The van der Waals surface area contributed by atoms with E-state index in [1.165, 1.54) is 6.33 Å². The lowest BCUT2D eigenvalue weighted by Gasteiger charge is -2.43. The van der Waals surface area contributed by atoms with Crippen LogP contribution in [0, 0.1) is 5.92 Å². The van der Waals surface area contributed by atoms with Gasteiger partial charge in [-0.05, 0) is 42.2 Å². The average molecular weight is 412 g/mol. The fraction of sp³-hybridized carbons (Fsp3) is 0.261. The minimum Gasteiger partial charge on any atom is -0.338 e. The third-order valence-electron chi connectivity index (χ3n) is 6.36. The van der Waals surface area contributed by atoms with Crippen LogP contribution >= 0.6 is 0 Å². The zero-order chi connectivity index (χ0) is 20.9. The van der Waals surface area contributed by atoms with Crippen molar-refractivity contribution in [2.24, 2.45) is 5.92 Å². The summed E-state index contributed by atoms with van der Waals surface area (Å²) in [6.07, 6.45) is 7.69. The van der Waals surface area contributed by atoms with Crippen molar-refractivity contribution in [1.82, 2.24) is 29.0 Å². The first-order chi connectivity index (χ1) is 15.2. The highest BCUT2D eigenvalue weighted by Crippen LogP contribution is 2.37. The van der Waals surface area contributed by atoms with Crippen LogP contribution in [-0.4, -0.2) is 48.0 Å². The van der Waals surface area contributed by atoms with Gasteiger partial charge in [-0.2, -0.15) is 5.10 Å². The van der Waals surface area contributed by atoms with Crippen LogP contribution in [0.5, 0.6) is 0 Å². The summed E-state index contributed by atoms with van der Waals surface area (Å²) in [6.45, 7) is 1.89. The van der Waals surface area contributed by atoms with Crippen LogP contribution in [0.15, 0.2) is 66.1 Å². The number of carbonyl (C=O) groups is 1. The van der Waals surface area contributed by atoms with Gasteiger partial charge in [-0.3, -0.25) is 14.6 Å². The summed E-state index contributed by atoms with van der Waals surface area (Å²) in [6, 6.07) is 11.2. The molecule has 2 bridgehead atoms. The second-order valence-electron chi connectivity index (χ2n) is 8.35. The number of likely N-dealkylation sites (tertiary alicyclic amines) is 1. The van der Waals surface area contributed by atoms with Gasteiger partial charge in [-0.25, -0.2) is 9.50 Å². The number of hydrogen-bond acceptors (Lipinski definition) is 5. The Labute approximate surface area is 177 Å². The number of rotatable bonds is 2. The third kappa shape index (κ3) is 3.02. The Morgan fingerprint density at radius 2 is 2.00 bits per heavy atom. The summed E-state index contributed by atoms with van der Waals surface area (Å²) >= 11 is 0. The molecular weight excluding hydrogens is 392 g/mol. The fourth-order valence-electron chi connectivity index (χ4n) is 4.95. The Morgan fingerprint density at radius 3 is 2.87 bits per heavy atom. The van der Waals surface area contributed by atoms with E-state index in [0.29, 0.717) is 30.8 Å². The molecule has 2 aliphatic heterocycles. The molecule has 6 rings (SSSR count). The molecule has 2 atom stereocenters. The largest absolute Gasteiger partial charge is 0.338 e. The maximum Gasteiger partial charge on any atom is 0.255 e. The van der Waals surface area contributed by atoms with Gasteiger partial charge in [-0.15, -0.1) is 0 Å². The predicted octanol–water partition coefficient (Wildman–Crippen LogP) is 2.21.